The van der Waals surface area contributed by atoms with E-state index in [1.807, 2.05) is 30.3 Å². The summed E-state index contributed by atoms with van der Waals surface area (Å²) in [6, 6.07) is 13.3. The third kappa shape index (κ3) is 2.81. The van der Waals surface area contributed by atoms with Crippen LogP contribution >= 0.6 is 0 Å². The molecule has 3 heteroatoms. The van der Waals surface area contributed by atoms with Crippen molar-refractivity contribution in [2.45, 2.75) is 13.2 Å². The predicted octanol–water partition coefficient (Wildman–Crippen LogP) is 2.81. The first-order valence-corrected chi connectivity index (χ1v) is 5.04. The van der Waals surface area contributed by atoms with Gasteiger partial charge in [-0.1, -0.05) is 30.3 Å². The Morgan fingerprint density at radius 1 is 1.06 bits per heavy atom. The molecule has 2 aromatic rings. The average molecular weight is 216 g/mol. The van der Waals surface area contributed by atoms with Crippen LogP contribution in [-0.2, 0) is 18.0 Å². The zero-order valence-electron chi connectivity index (χ0n) is 8.76. The first kappa shape index (κ1) is 10.6. The summed E-state index contributed by atoms with van der Waals surface area (Å²) in [7, 11) is 0. The van der Waals surface area contributed by atoms with Gasteiger partial charge in [0.1, 0.15) is 12.4 Å². The van der Waals surface area contributed by atoms with Gasteiger partial charge in [0.2, 0.25) is 0 Å². The van der Waals surface area contributed by atoms with Crippen LogP contribution in [0.5, 0.6) is 0 Å². The lowest BCUT2D eigenvalue weighted by atomic mass is 10.2. The summed E-state index contributed by atoms with van der Waals surface area (Å²) in [5, 5.41) is 0. The minimum absolute atomic E-state index is 0.332. The first-order valence-electron chi connectivity index (χ1n) is 5.04. The van der Waals surface area contributed by atoms with Crippen molar-refractivity contribution in [1.29, 1.82) is 0 Å². The standard InChI is InChI=1S/C13H12O3/c14-8-12-6-7-13(16-12)10-15-9-11-4-2-1-3-5-11/h1-8H,9-10H2. The Bertz CT molecular complexity index is 445. The van der Waals surface area contributed by atoms with Crippen molar-refractivity contribution in [3.63, 3.8) is 0 Å². The van der Waals surface area contributed by atoms with Crippen molar-refractivity contribution >= 4 is 6.29 Å². The van der Waals surface area contributed by atoms with Gasteiger partial charge < -0.3 is 9.15 Å². The smallest absolute Gasteiger partial charge is 0.185 e. The molecule has 1 aromatic carbocycles. The molecule has 3 nitrogen and oxygen atoms in total. The van der Waals surface area contributed by atoms with E-state index in [2.05, 4.69) is 0 Å². The van der Waals surface area contributed by atoms with E-state index < -0.39 is 0 Å². The summed E-state index contributed by atoms with van der Waals surface area (Å²) < 4.78 is 10.6. The SMILES string of the molecule is O=Cc1ccc(COCc2ccccc2)o1. The second-order valence-corrected chi connectivity index (χ2v) is 3.40. The maximum absolute atomic E-state index is 10.4. The van der Waals surface area contributed by atoms with E-state index in [0.29, 0.717) is 31.0 Å². The molecule has 0 aliphatic heterocycles. The molecule has 2 rings (SSSR count). The van der Waals surface area contributed by atoms with Gasteiger partial charge in [-0.25, -0.2) is 0 Å². The topological polar surface area (TPSA) is 39.4 Å². The molecule has 0 aliphatic carbocycles. The number of hydrogen-bond donors (Lipinski definition) is 0. The van der Waals surface area contributed by atoms with Crippen LogP contribution < -0.4 is 0 Å². The predicted molar refractivity (Wildman–Crippen MR) is 59.0 cm³/mol. The van der Waals surface area contributed by atoms with Crippen molar-refractivity contribution in [2.75, 3.05) is 0 Å². The molecule has 0 bridgehead atoms. The molecule has 0 saturated carbocycles. The summed E-state index contributed by atoms with van der Waals surface area (Å²) in [6.45, 7) is 0.917. The fraction of sp³-hybridized carbons (Fsp3) is 0.154. The van der Waals surface area contributed by atoms with E-state index in [-0.39, 0.29) is 0 Å². The molecule has 0 N–H and O–H groups in total. The van der Waals surface area contributed by atoms with Gasteiger partial charge in [0.05, 0.1) is 6.61 Å². The first-order chi connectivity index (χ1) is 7.88. The van der Waals surface area contributed by atoms with Crippen LogP contribution in [0.1, 0.15) is 21.9 Å². The minimum Gasteiger partial charge on any atom is -0.456 e. The van der Waals surface area contributed by atoms with E-state index in [0.717, 1.165) is 5.56 Å². The maximum atomic E-state index is 10.4. The molecule has 16 heavy (non-hydrogen) atoms. The molecule has 0 saturated heterocycles. The Labute approximate surface area is 93.7 Å². The third-order valence-electron chi connectivity index (χ3n) is 2.15. The molecule has 0 atom stereocenters. The second-order valence-electron chi connectivity index (χ2n) is 3.40. The van der Waals surface area contributed by atoms with Gasteiger partial charge in [0.25, 0.3) is 0 Å². The van der Waals surface area contributed by atoms with E-state index in [4.69, 9.17) is 9.15 Å². The number of carbonyl (C=O) groups excluding carboxylic acids is 1. The Morgan fingerprint density at radius 2 is 1.88 bits per heavy atom. The molecular formula is C13H12O3. The number of rotatable bonds is 5. The second kappa shape index (κ2) is 5.28. The summed E-state index contributed by atoms with van der Waals surface area (Å²) in [6.07, 6.45) is 0.681. The van der Waals surface area contributed by atoms with Gasteiger partial charge in [0.15, 0.2) is 12.0 Å². The summed E-state index contributed by atoms with van der Waals surface area (Å²) in [4.78, 5) is 10.4. The minimum atomic E-state index is 0.332. The molecule has 1 heterocycles. The fourth-order valence-electron chi connectivity index (χ4n) is 1.38. The normalized spacial score (nSPS) is 10.2. The maximum Gasteiger partial charge on any atom is 0.185 e. The molecule has 0 fully saturated rings. The van der Waals surface area contributed by atoms with Crippen LogP contribution in [-0.4, -0.2) is 6.29 Å². The molecule has 1 aromatic heterocycles. The summed E-state index contributed by atoms with van der Waals surface area (Å²) >= 11 is 0. The lowest BCUT2D eigenvalue weighted by Gasteiger charge is -2.01. The van der Waals surface area contributed by atoms with Gasteiger partial charge in [-0.2, -0.15) is 0 Å². The van der Waals surface area contributed by atoms with E-state index in [1.165, 1.54) is 0 Å². The van der Waals surface area contributed by atoms with Crippen molar-refractivity contribution < 1.29 is 13.9 Å². The lowest BCUT2D eigenvalue weighted by molar-refractivity contribution is 0.0908. The number of aldehydes is 1. The van der Waals surface area contributed by atoms with Crippen LogP contribution in [0.2, 0.25) is 0 Å². The monoisotopic (exact) mass is 216 g/mol. The van der Waals surface area contributed by atoms with Gasteiger partial charge in [-0.15, -0.1) is 0 Å². The average Bonchev–Trinajstić information content (AvgIpc) is 2.78. The number of benzene rings is 1. The number of hydrogen-bond acceptors (Lipinski definition) is 3. The highest BCUT2D eigenvalue weighted by Crippen LogP contribution is 2.08. The van der Waals surface area contributed by atoms with Crippen molar-refractivity contribution in [2.24, 2.45) is 0 Å². The highest BCUT2D eigenvalue weighted by Gasteiger charge is 2.00. The van der Waals surface area contributed by atoms with Crippen molar-refractivity contribution in [3.05, 3.63) is 59.5 Å². The quantitative estimate of drug-likeness (QED) is 0.721. The lowest BCUT2D eigenvalue weighted by Crippen LogP contribution is -1.92. The highest BCUT2D eigenvalue weighted by atomic mass is 16.5. The molecule has 0 aliphatic rings. The van der Waals surface area contributed by atoms with Crippen molar-refractivity contribution in [1.82, 2.24) is 0 Å². The molecule has 82 valence electrons. The van der Waals surface area contributed by atoms with Crippen LogP contribution in [0.4, 0.5) is 0 Å². The van der Waals surface area contributed by atoms with Gasteiger partial charge in [-0.3, -0.25) is 4.79 Å². The Balaban J connectivity index is 1.82. The van der Waals surface area contributed by atoms with Gasteiger partial charge in [-0.05, 0) is 17.7 Å². The zero-order valence-corrected chi connectivity index (χ0v) is 8.76. The molecule has 0 radical (unpaired) electrons. The van der Waals surface area contributed by atoms with Crippen LogP contribution in [0, 0.1) is 0 Å². The Morgan fingerprint density at radius 3 is 2.56 bits per heavy atom. The van der Waals surface area contributed by atoms with Crippen LogP contribution in [0.3, 0.4) is 0 Å². The molecule has 0 unspecified atom stereocenters. The van der Waals surface area contributed by atoms with E-state index in [1.54, 1.807) is 12.1 Å². The third-order valence-corrected chi connectivity index (χ3v) is 2.15. The van der Waals surface area contributed by atoms with Crippen LogP contribution in [0.25, 0.3) is 0 Å². The van der Waals surface area contributed by atoms with Gasteiger partial charge >= 0.3 is 0 Å². The van der Waals surface area contributed by atoms with Crippen molar-refractivity contribution in [3.8, 4) is 0 Å². The fourth-order valence-corrected chi connectivity index (χ4v) is 1.38. The number of carbonyl (C=O) groups is 1. The molecule has 0 spiro atoms. The van der Waals surface area contributed by atoms with E-state index in [9.17, 15) is 4.79 Å². The summed E-state index contributed by atoms with van der Waals surface area (Å²) in [5.74, 6) is 0.997. The molecule has 0 amide bonds. The largest absolute Gasteiger partial charge is 0.456 e. The number of furan rings is 1. The van der Waals surface area contributed by atoms with Gasteiger partial charge in [0, 0.05) is 0 Å². The Hall–Kier alpha value is -1.87. The summed E-state index contributed by atoms with van der Waals surface area (Å²) in [5.41, 5.74) is 1.12. The Kier molecular flexibility index (Phi) is 3.51. The number of ether oxygens (including phenoxy) is 1. The van der Waals surface area contributed by atoms with E-state index >= 15 is 0 Å². The zero-order chi connectivity index (χ0) is 11.2. The molecular weight excluding hydrogens is 204 g/mol. The highest BCUT2D eigenvalue weighted by molar-refractivity contribution is 5.70. The van der Waals surface area contributed by atoms with Crippen LogP contribution in [0.15, 0.2) is 46.9 Å².